The van der Waals surface area contributed by atoms with Crippen LogP contribution in [0.4, 0.5) is 4.39 Å². The van der Waals surface area contributed by atoms with E-state index in [0.29, 0.717) is 12.6 Å². The number of piperidine rings is 2. The molecule has 2 aliphatic heterocycles. The minimum Gasteiger partial charge on any atom is -0.352 e. The molecule has 0 spiro atoms. The maximum atomic E-state index is 13.1. The Hall–Kier alpha value is -2.31. The number of carbonyl (C=O) groups excluding carboxylic acids is 1. The maximum Gasteiger partial charge on any atom is 0.224 e. The summed E-state index contributed by atoms with van der Waals surface area (Å²) in [4.78, 5) is 21.8. The Balaban J connectivity index is 1.23. The van der Waals surface area contributed by atoms with E-state index in [-0.39, 0.29) is 17.6 Å². The van der Waals surface area contributed by atoms with E-state index in [2.05, 4.69) is 20.1 Å². The van der Waals surface area contributed by atoms with Crippen molar-refractivity contribution in [2.75, 3.05) is 26.2 Å². The van der Waals surface area contributed by atoms with E-state index >= 15 is 0 Å². The van der Waals surface area contributed by atoms with E-state index in [1.807, 2.05) is 24.3 Å². The molecule has 0 unspecified atom stereocenters. The summed E-state index contributed by atoms with van der Waals surface area (Å²) >= 11 is 0. The van der Waals surface area contributed by atoms with Crippen molar-refractivity contribution >= 4 is 5.91 Å². The zero-order chi connectivity index (χ0) is 20.8. The fourth-order valence-corrected chi connectivity index (χ4v) is 4.68. The Morgan fingerprint density at radius 2 is 1.87 bits per heavy atom. The Kier molecular flexibility index (Phi) is 7.07. The van der Waals surface area contributed by atoms with Gasteiger partial charge in [0.05, 0.1) is 5.92 Å². The molecule has 2 fully saturated rings. The monoisotopic (exact) mass is 410 g/mol. The minimum absolute atomic E-state index is 0.0765. The Labute approximate surface area is 178 Å². The molecule has 5 nitrogen and oxygen atoms in total. The van der Waals surface area contributed by atoms with Crippen molar-refractivity contribution < 1.29 is 9.18 Å². The van der Waals surface area contributed by atoms with E-state index in [9.17, 15) is 9.18 Å². The summed E-state index contributed by atoms with van der Waals surface area (Å²) in [6.07, 6.45) is 7.86. The molecule has 6 heteroatoms. The first-order chi connectivity index (χ1) is 14.7. The Morgan fingerprint density at radius 3 is 2.60 bits per heavy atom. The molecule has 2 saturated heterocycles. The molecular weight excluding hydrogens is 379 g/mol. The summed E-state index contributed by atoms with van der Waals surface area (Å²) in [7, 11) is 0. The highest BCUT2D eigenvalue weighted by Gasteiger charge is 2.31. The largest absolute Gasteiger partial charge is 0.352 e. The molecule has 2 aromatic rings. The summed E-state index contributed by atoms with van der Waals surface area (Å²) in [5.74, 6) is 0.0616. The lowest BCUT2D eigenvalue weighted by Crippen LogP contribution is -2.50. The number of hydrogen-bond donors (Lipinski definition) is 1. The highest BCUT2D eigenvalue weighted by molar-refractivity contribution is 5.78. The van der Waals surface area contributed by atoms with Crippen LogP contribution in [0.15, 0.2) is 48.8 Å². The SMILES string of the molecule is O=C(NCc1cccnc1)[C@H]1CCCN(C2CCN(Cc3ccc(F)cc3)CC2)C1. The van der Waals surface area contributed by atoms with E-state index < -0.39 is 0 Å². The number of benzene rings is 1. The number of rotatable bonds is 6. The number of hydrogen-bond acceptors (Lipinski definition) is 4. The molecule has 1 aromatic heterocycles. The molecule has 4 rings (SSSR count). The van der Waals surface area contributed by atoms with Crippen LogP contribution in [-0.2, 0) is 17.9 Å². The number of amides is 1. The lowest BCUT2D eigenvalue weighted by atomic mass is 9.93. The van der Waals surface area contributed by atoms with E-state index in [0.717, 1.165) is 69.5 Å². The Bertz CT molecular complexity index is 806. The van der Waals surface area contributed by atoms with Gasteiger partial charge in [-0.2, -0.15) is 0 Å². The average Bonchev–Trinajstić information content (AvgIpc) is 2.80. The predicted octanol–water partition coefficient (Wildman–Crippen LogP) is 3.21. The summed E-state index contributed by atoms with van der Waals surface area (Å²) in [6.45, 7) is 5.49. The van der Waals surface area contributed by atoms with Crippen molar-refractivity contribution in [1.82, 2.24) is 20.1 Å². The van der Waals surface area contributed by atoms with Gasteiger partial charge in [0.15, 0.2) is 0 Å². The van der Waals surface area contributed by atoms with Crippen LogP contribution in [0.5, 0.6) is 0 Å². The first-order valence-corrected chi connectivity index (χ1v) is 11.0. The zero-order valence-electron chi connectivity index (χ0n) is 17.5. The first kappa shape index (κ1) is 20.9. The summed E-state index contributed by atoms with van der Waals surface area (Å²) in [5.41, 5.74) is 2.20. The van der Waals surface area contributed by atoms with E-state index in [1.165, 1.54) is 12.1 Å². The van der Waals surface area contributed by atoms with Crippen LogP contribution in [0, 0.1) is 11.7 Å². The molecule has 0 aliphatic carbocycles. The summed E-state index contributed by atoms with van der Waals surface area (Å²) in [6, 6.07) is 11.3. The molecule has 0 radical (unpaired) electrons. The van der Waals surface area contributed by atoms with Crippen LogP contribution < -0.4 is 5.32 Å². The van der Waals surface area contributed by atoms with Gasteiger partial charge in [0.1, 0.15) is 5.82 Å². The number of aromatic nitrogens is 1. The lowest BCUT2D eigenvalue weighted by Gasteiger charge is -2.42. The van der Waals surface area contributed by atoms with Crippen molar-refractivity contribution in [2.24, 2.45) is 5.92 Å². The summed E-state index contributed by atoms with van der Waals surface area (Å²) in [5, 5.41) is 3.09. The fraction of sp³-hybridized carbons (Fsp3) is 0.500. The average molecular weight is 411 g/mol. The second-order valence-corrected chi connectivity index (χ2v) is 8.55. The predicted molar refractivity (Wildman–Crippen MR) is 115 cm³/mol. The van der Waals surface area contributed by atoms with Gasteiger partial charge in [0, 0.05) is 38.1 Å². The second-order valence-electron chi connectivity index (χ2n) is 8.55. The van der Waals surface area contributed by atoms with Crippen LogP contribution in [0.1, 0.15) is 36.8 Å². The van der Waals surface area contributed by atoms with Gasteiger partial charge in [-0.15, -0.1) is 0 Å². The zero-order valence-corrected chi connectivity index (χ0v) is 17.5. The van der Waals surface area contributed by atoms with Crippen molar-refractivity contribution in [3.63, 3.8) is 0 Å². The van der Waals surface area contributed by atoms with E-state index in [1.54, 1.807) is 12.4 Å². The number of pyridine rings is 1. The van der Waals surface area contributed by atoms with Crippen LogP contribution >= 0.6 is 0 Å². The molecule has 1 atom stereocenters. The third kappa shape index (κ3) is 5.64. The first-order valence-electron chi connectivity index (χ1n) is 11.0. The maximum absolute atomic E-state index is 13.1. The highest BCUT2D eigenvalue weighted by atomic mass is 19.1. The van der Waals surface area contributed by atoms with Gasteiger partial charge in [0.25, 0.3) is 0 Å². The van der Waals surface area contributed by atoms with Crippen molar-refractivity contribution in [1.29, 1.82) is 0 Å². The standard InChI is InChI=1S/C24H31FN4O/c25-22-7-5-19(6-8-22)17-28-13-9-23(10-14-28)29-12-2-4-21(18-29)24(30)27-16-20-3-1-11-26-15-20/h1,3,5-8,11,15,21,23H,2,4,9-10,12-14,16-18H2,(H,27,30)/t21-/m0/s1. The number of likely N-dealkylation sites (tertiary alicyclic amines) is 2. The lowest BCUT2D eigenvalue weighted by molar-refractivity contribution is -0.127. The molecule has 0 bridgehead atoms. The third-order valence-corrected chi connectivity index (χ3v) is 6.41. The molecule has 160 valence electrons. The van der Waals surface area contributed by atoms with Gasteiger partial charge in [-0.25, -0.2) is 4.39 Å². The second kappa shape index (κ2) is 10.1. The van der Waals surface area contributed by atoms with Crippen LogP contribution in [0.2, 0.25) is 0 Å². The van der Waals surface area contributed by atoms with Crippen molar-refractivity contribution in [3.8, 4) is 0 Å². The quantitative estimate of drug-likeness (QED) is 0.795. The number of carbonyl (C=O) groups is 1. The van der Waals surface area contributed by atoms with Crippen LogP contribution in [0.25, 0.3) is 0 Å². The van der Waals surface area contributed by atoms with Gasteiger partial charge >= 0.3 is 0 Å². The van der Waals surface area contributed by atoms with Gasteiger partial charge in [-0.1, -0.05) is 18.2 Å². The highest BCUT2D eigenvalue weighted by Crippen LogP contribution is 2.25. The molecular formula is C24H31FN4O. The van der Waals surface area contributed by atoms with Gasteiger partial charge < -0.3 is 5.32 Å². The fourth-order valence-electron chi connectivity index (χ4n) is 4.68. The molecule has 30 heavy (non-hydrogen) atoms. The Morgan fingerprint density at radius 1 is 1.07 bits per heavy atom. The van der Waals surface area contributed by atoms with Gasteiger partial charge in [-0.3, -0.25) is 19.6 Å². The van der Waals surface area contributed by atoms with Gasteiger partial charge in [0.2, 0.25) is 5.91 Å². The molecule has 1 N–H and O–H groups in total. The topological polar surface area (TPSA) is 48.5 Å². The number of nitrogens with one attached hydrogen (secondary N) is 1. The third-order valence-electron chi connectivity index (χ3n) is 6.41. The molecule has 0 saturated carbocycles. The van der Waals surface area contributed by atoms with Crippen molar-refractivity contribution in [3.05, 3.63) is 65.7 Å². The molecule has 1 aromatic carbocycles. The van der Waals surface area contributed by atoms with Crippen LogP contribution in [-0.4, -0.2) is 52.9 Å². The molecule has 2 aliphatic rings. The molecule has 1 amide bonds. The smallest absolute Gasteiger partial charge is 0.224 e. The van der Waals surface area contributed by atoms with Gasteiger partial charge in [-0.05, 0) is 74.6 Å². The number of halogens is 1. The van der Waals surface area contributed by atoms with E-state index in [4.69, 9.17) is 0 Å². The minimum atomic E-state index is -0.179. The normalized spacial score (nSPS) is 21.4. The van der Waals surface area contributed by atoms with Crippen molar-refractivity contribution in [2.45, 2.75) is 44.8 Å². The summed E-state index contributed by atoms with van der Waals surface area (Å²) < 4.78 is 13.1. The number of nitrogens with zero attached hydrogens (tertiary/aromatic N) is 3. The van der Waals surface area contributed by atoms with Crippen LogP contribution in [0.3, 0.4) is 0 Å². The molecule has 3 heterocycles.